The van der Waals surface area contributed by atoms with E-state index in [-0.39, 0.29) is 24.1 Å². The van der Waals surface area contributed by atoms with Crippen molar-refractivity contribution in [2.75, 3.05) is 5.32 Å². The van der Waals surface area contributed by atoms with Crippen molar-refractivity contribution in [3.63, 3.8) is 0 Å². The SMILES string of the molecule is CCC(Nc1ccccc1CC(N)=O)c1ccc(O)cc1. The number of rotatable bonds is 6. The molecule has 0 bridgehead atoms. The minimum absolute atomic E-state index is 0.111. The number of phenolic OH excluding ortho intramolecular Hbond substituents is 1. The van der Waals surface area contributed by atoms with E-state index in [1.54, 1.807) is 12.1 Å². The molecule has 2 aromatic rings. The molecule has 0 aliphatic heterocycles. The number of nitrogens with two attached hydrogens (primary N) is 1. The molecule has 0 aliphatic rings. The second-order valence-electron chi connectivity index (χ2n) is 5.00. The number of hydrogen-bond acceptors (Lipinski definition) is 3. The molecular weight excluding hydrogens is 264 g/mol. The number of carbonyl (C=O) groups is 1. The maximum atomic E-state index is 11.2. The Kier molecular flexibility index (Phi) is 4.82. The highest BCUT2D eigenvalue weighted by molar-refractivity contribution is 5.78. The number of anilines is 1. The second-order valence-corrected chi connectivity index (χ2v) is 5.00. The Hall–Kier alpha value is -2.49. The molecule has 4 heteroatoms. The van der Waals surface area contributed by atoms with Gasteiger partial charge in [-0.05, 0) is 35.7 Å². The van der Waals surface area contributed by atoms with Gasteiger partial charge in [0, 0.05) is 5.69 Å². The van der Waals surface area contributed by atoms with E-state index in [1.165, 1.54) is 0 Å². The molecule has 2 aromatic carbocycles. The smallest absolute Gasteiger partial charge is 0.221 e. The van der Waals surface area contributed by atoms with Crippen LogP contribution in [0.15, 0.2) is 48.5 Å². The number of primary amides is 1. The molecule has 0 aromatic heterocycles. The fourth-order valence-electron chi connectivity index (χ4n) is 2.32. The lowest BCUT2D eigenvalue weighted by Gasteiger charge is -2.21. The van der Waals surface area contributed by atoms with Crippen molar-refractivity contribution in [3.05, 3.63) is 59.7 Å². The molecule has 0 saturated heterocycles. The molecule has 4 nitrogen and oxygen atoms in total. The van der Waals surface area contributed by atoms with E-state index < -0.39 is 0 Å². The third-order valence-corrected chi connectivity index (χ3v) is 3.42. The predicted octanol–water partition coefficient (Wildman–Crippen LogP) is 2.98. The van der Waals surface area contributed by atoms with Crippen LogP contribution in [0.2, 0.25) is 0 Å². The lowest BCUT2D eigenvalue weighted by Crippen LogP contribution is -2.16. The summed E-state index contributed by atoms with van der Waals surface area (Å²) in [5.41, 5.74) is 8.18. The zero-order valence-corrected chi connectivity index (χ0v) is 12.0. The number of benzene rings is 2. The molecule has 0 saturated carbocycles. The number of amides is 1. The molecule has 0 fully saturated rings. The standard InChI is InChI=1S/C17H20N2O2/c1-2-15(12-7-9-14(20)10-8-12)19-16-6-4-3-5-13(16)11-17(18)21/h3-10,15,19-20H,2,11H2,1H3,(H2,18,21). The fraction of sp³-hybridized carbons (Fsp3) is 0.235. The Morgan fingerprint density at radius 3 is 2.48 bits per heavy atom. The van der Waals surface area contributed by atoms with Gasteiger partial charge in [0.05, 0.1) is 12.5 Å². The van der Waals surface area contributed by atoms with Crippen molar-refractivity contribution in [1.29, 1.82) is 0 Å². The Bertz CT molecular complexity index is 608. The van der Waals surface area contributed by atoms with Crippen molar-refractivity contribution in [3.8, 4) is 5.75 Å². The van der Waals surface area contributed by atoms with E-state index in [2.05, 4.69) is 12.2 Å². The first-order valence-electron chi connectivity index (χ1n) is 7.01. The molecule has 4 N–H and O–H groups in total. The zero-order valence-electron chi connectivity index (χ0n) is 12.0. The molecule has 21 heavy (non-hydrogen) atoms. The highest BCUT2D eigenvalue weighted by Crippen LogP contribution is 2.26. The first-order chi connectivity index (χ1) is 10.1. The minimum Gasteiger partial charge on any atom is -0.508 e. The van der Waals surface area contributed by atoms with Gasteiger partial charge in [-0.15, -0.1) is 0 Å². The van der Waals surface area contributed by atoms with Crippen LogP contribution in [0.25, 0.3) is 0 Å². The average Bonchev–Trinajstić information content (AvgIpc) is 2.47. The summed E-state index contributed by atoms with van der Waals surface area (Å²) in [4.78, 5) is 11.2. The van der Waals surface area contributed by atoms with Gasteiger partial charge in [-0.3, -0.25) is 4.79 Å². The van der Waals surface area contributed by atoms with Crippen LogP contribution in [-0.2, 0) is 11.2 Å². The summed E-state index contributed by atoms with van der Waals surface area (Å²) in [6.07, 6.45) is 1.10. The first kappa shape index (κ1) is 14.9. The summed E-state index contributed by atoms with van der Waals surface area (Å²) >= 11 is 0. The summed E-state index contributed by atoms with van der Waals surface area (Å²) in [7, 11) is 0. The third-order valence-electron chi connectivity index (χ3n) is 3.42. The first-order valence-corrected chi connectivity index (χ1v) is 7.01. The summed E-state index contributed by atoms with van der Waals surface area (Å²) in [5.74, 6) is -0.0929. The third kappa shape index (κ3) is 3.99. The van der Waals surface area contributed by atoms with Crippen LogP contribution in [-0.4, -0.2) is 11.0 Å². The van der Waals surface area contributed by atoms with Crippen molar-refractivity contribution >= 4 is 11.6 Å². The molecule has 0 radical (unpaired) electrons. The van der Waals surface area contributed by atoms with Crippen LogP contribution in [0, 0.1) is 0 Å². The van der Waals surface area contributed by atoms with E-state index in [1.807, 2.05) is 36.4 Å². The number of nitrogens with one attached hydrogen (secondary N) is 1. The molecule has 1 unspecified atom stereocenters. The number of carbonyl (C=O) groups excluding carboxylic acids is 1. The monoisotopic (exact) mass is 284 g/mol. The van der Waals surface area contributed by atoms with E-state index in [4.69, 9.17) is 5.73 Å². The van der Waals surface area contributed by atoms with Gasteiger partial charge in [0.1, 0.15) is 5.75 Å². The normalized spacial score (nSPS) is 11.9. The quantitative estimate of drug-likeness (QED) is 0.763. The summed E-state index contributed by atoms with van der Waals surface area (Å²) in [5, 5.41) is 12.8. The lowest BCUT2D eigenvalue weighted by atomic mass is 10.0. The highest BCUT2D eigenvalue weighted by atomic mass is 16.3. The molecule has 0 aliphatic carbocycles. The van der Waals surface area contributed by atoms with Crippen molar-refractivity contribution in [1.82, 2.24) is 0 Å². The van der Waals surface area contributed by atoms with Gasteiger partial charge in [0.15, 0.2) is 0 Å². The predicted molar refractivity (Wildman–Crippen MR) is 84.1 cm³/mol. The van der Waals surface area contributed by atoms with Crippen molar-refractivity contribution in [2.45, 2.75) is 25.8 Å². The zero-order chi connectivity index (χ0) is 15.2. The van der Waals surface area contributed by atoms with Crippen molar-refractivity contribution in [2.24, 2.45) is 5.73 Å². The summed E-state index contributed by atoms with van der Waals surface area (Å²) < 4.78 is 0. The minimum atomic E-state index is -0.345. The number of para-hydroxylation sites is 1. The topological polar surface area (TPSA) is 75.3 Å². The summed E-state index contributed by atoms with van der Waals surface area (Å²) in [6, 6.07) is 14.9. The maximum absolute atomic E-state index is 11.2. The number of hydrogen-bond donors (Lipinski definition) is 3. The van der Waals surface area contributed by atoms with Gasteiger partial charge in [0.2, 0.25) is 5.91 Å². The van der Waals surface area contributed by atoms with Crippen LogP contribution in [0.3, 0.4) is 0 Å². The molecule has 110 valence electrons. The fourth-order valence-corrected chi connectivity index (χ4v) is 2.32. The van der Waals surface area contributed by atoms with Gasteiger partial charge >= 0.3 is 0 Å². The molecular formula is C17H20N2O2. The number of aromatic hydroxyl groups is 1. The van der Waals surface area contributed by atoms with Crippen LogP contribution in [0.1, 0.15) is 30.5 Å². The summed E-state index contributed by atoms with van der Waals surface area (Å²) in [6.45, 7) is 2.08. The Balaban J connectivity index is 2.22. The van der Waals surface area contributed by atoms with Gasteiger partial charge in [-0.2, -0.15) is 0 Å². The van der Waals surface area contributed by atoms with Crippen molar-refractivity contribution < 1.29 is 9.90 Å². The van der Waals surface area contributed by atoms with E-state index in [9.17, 15) is 9.90 Å². The van der Waals surface area contributed by atoms with Gasteiger partial charge in [-0.1, -0.05) is 37.3 Å². The number of phenols is 1. The van der Waals surface area contributed by atoms with E-state index in [0.29, 0.717) is 0 Å². The Morgan fingerprint density at radius 2 is 1.86 bits per heavy atom. The van der Waals surface area contributed by atoms with Crippen LogP contribution in [0.5, 0.6) is 5.75 Å². The van der Waals surface area contributed by atoms with Crippen LogP contribution in [0.4, 0.5) is 5.69 Å². The van der Waals surface area contributed by atoms with Crippen LogP contribution >= 0.6 is 0 Å². The molecule has 0 spiro atoms. The Labute approximate surface area is 124 Å². The lowest BCUT2D eigenvalue weighted by molar-refractivity contribution is -0.117. The molecule has 1 atom stereocenters. The highest BCUT2D eigenvalue weighted by Gasteiger charge is 2.12. The van der Waals surface area contributed by atoms with Crippen LogP contribution < -0.4 is 11.1 Å². The van der Waals surface area contributed by atoms with E-state index >= 15 is 0 Å². The largest absolute Gasteiger partial charge is 0.508 e. The average molecular weight is 284 g/mol. The Morgan fingerprint density at radius 1 is 1.19 bits per heavy atom. The maximum Gasteiger partial charge on any atom is 0.221 e. The molecule has 0 heterocycles. The van der Waals surface area contributed by atoms with Gasteiger partial charge in [-0.25, -0.2) is 0 Å². The molecule has 2 rings (SSSR count). The second kappa shape index (κ2) is 6.79. The van der Waals surface area contributed by atoms with Gasteiger partial charge in [0.25, 0.3) is 0 Å². The molecule has 1 amide bonds. The van der Waals surface area contributed by atoms with E-state index in [0.717, 1.165) is 23.2 Å². The van der Waals surface area contributed by atoms with Gasteiger partial charge < -0.3 is 16.2 Å².